The largest absolute Gasteiger partial charge is 0.508 e. The van der Waals surface area contributed by atoms with Crippen molar-refractivity contribution in [2.45, 2.75) is 13.3 Å². The fourth-order valence-corrected chi connectivity index (χ4v) is 1.94. The van der Waals surface area contributed by atoms with Crippen molar-refractivity contribution in [3.05, 3.63) is 35.4 Å². The van der Waals surface area contributed by atoms with Gasteiger partial charge >= 0.3 is 11.9 Å². The standard InChI is InChI=1S/C15H18O6/c1-5-7-21-11-8-10(16)9(6-2)12(14(17)19-3)13(11)15(18)20-4/h5,8,16H,1,6-7H2,2-4H3. The molecule has 1 N–H and O–H groups in total. The predicted molar refractivity (Wildman–Crippen MR) is 75.9 cm³/mol. The van der Waals surface area contributed by atoms with Crippen molar-refractivity contribution in [1.82, 2.24) is 0 Å². The monoisotopic (exact) mass is 294 g/mol. The Balaban J connectivity index is 3.66. The fraction of sp³-hybridized carbons (Fsp3) is 0.333. The third-order valence-corrected chi connectivity index (χ3v) is 2.86. The van der Waals surface area contributed by atoms with Crippen LogP contribution in [0.5, 0.6) is 11.5 Å². The minimum atomic E-state index is -0.746. The minimum Gasteiger partial charge on any atom is -0.508 e. The summed E-state index contributed by atoms with van der Waals surface area (Å²) in [5.74, 6) is -1.60. The van der Waals surface area contributed by atoms with Gasteiger partial charge in [0.1, 0.15) is 23.7 Å². The van der Waals surface area contributed by atoms with E-state index in [2.05, 4.69) is 6.58 Å². The maximum absolute atomic E-state index is 12.0. The molecule has 0 unspecified atom stereocenters. The van der Waals surface area contributed by atoms with Gasteiger partial charge < -0.3 is 19.3 Å². The number of ether oxygens (including phenoxy) is 3. The third kappa shape index (κ3) is 3.34. The van der Waals surface area contributed by atoms with Crippen molar-refractivity contribution in [2.75, 3.05) is 20.8 Å². The minimum absolute atomic E-state index is 0.0388. The van der Waals surface area contributed by atoms with E-state index in [0.717, 1.165) is 0 Å². The van der Waals surface area contributed by atoms with Crippen LogP contribution in [0.25, 0.3) is 0 Å². The van der Waals surface area contributed by atoms with E-state index in [1.54, 1.807) is 6.92 Å². The Morgan fingerprint density at radius 2 is 1.81 bits per heavy atom. The molecule has 0 saturated heterocycles. The second kappa shape index (κ2) is 7.33. The first-order valence-corrected chi connectivity index (χ1v) is 6.30. The summed E-state index contributed by atoms with van der Waals surface area (Å²) >= 11 is 0. The summed E-state index contributed by atoms with van der Waals surface area (Å²) in [5, 5.41) is 10.0. The average Bonchev–Trinajstić information content (AvgIpc) is 2.50. The van der Waals surface area contributed by atoms with Crippen LogP contribution in [0.1, 0.15) is 33.2 Å². The molecule has 0 aromatic heterocycles. The summed E-state index contributed by atoms with van der Waals surface area (Å²) in [6.45, 7) is 5.35. The Hall–Kier alpha value is -2.50. The van der Waals surface area contributed by atoms with Gasteiger partial charge in [-0.05, 0) is 6.42 Å². The van der Waals surface area contributed by atoms with Crippen molar-refractivity contribution in [3.8, 4) is 11.5 Å². The maximum Gasteiger partial charge on any atom is 0.342 e. The molecule has 1 rings (SSSR count). The molecule has 0 radical (unpaired) electrons. The number of hydrogen-bond donors (Lipinski definition) is 1. The van der Waals surface area contributed by atoms with E-state index >= 15 is 0 Å². The van der Waals surface area contributed by atoms with Gasteiger partial charge in [0.05, 0.1) is 19.8 Å². The van der Waals surface area contributed by atoms with E-state index in [1.165, 1.54) is 26.4 Å². The molecule has 0 atom stereocenters. The lowest BCUT2D eigenvalue weighted by Crippen LogP contribution is -2.16. The SMILES string of the molecule is C=CCOc1cc(O)c(CC)c(C(=O)OC)c1C(=O)OC. The molecule has 0 aliphatic rings. The number of hydrogen-bond acceptors (Lipinski definition) is 6. The van der Waals surface area contributed by atoms with E-state index in [4.69, 9.17) is 14.2 Å². The van der Waals surface area contributed by atoms with Crippen LogP contribution in [0.3, 0.4) is 0 Å². The molecular formula is C15H18O6. The molecule has 0 bridgehead atoms. The Morgan fingerprint density at radius 3 is 2.29 bits per heavy atom. The van der Waals surface area contributed by atoms with Crippen LogP contribution in [0.4, 0.5) is 0 Å². The lowest BCUT2D eigenvalue weighted by molar-refractivity contribution is 0.0550. The second-order valence-corrected chi connectivity index (χ2v) is 4.06. The molecule has 0 amide bonds. The Labute approximate surface area is 122 Å². The van der Waals surface area contributed by atoms with Gasteiger partial charge in [-0.15, -0.1) is 0 Å². The highest BCUT2D eigenvalue weighted by atomic mass is 16.5. The molecule has 1 aromatic rings. The van der Waals surface area contributed by atoms with Crippen LogP contribution in [0, 0.1) is 0 Å². The van der Waals surface area contributed by atoms with Crippen LogP contribution in [0.15, 0.2) is 18.7 Å². The number of methoxy groups -OCH3 is 2. The van der Waals surface area contributed by atoms with Gasteiger partial charge in [0.2, 0.25) is 0 Å². The second-order valence-electron chi connectivity index (χ2n) is 4.06. The van der Waals surface area contributed by atoms with E-state index in [1.807, 2.05) is 0 Å². The number of carbonyl (C=O) groups is 2. The normalized spacial score (nSPS) is 9.86. The molecule has 1 aromatic carbocycles. The highest BCUT2D eigenvalue weighted by molar-refractivity contribution is 6.06. The fourth-order valence-electron chi connectivity index (χ4n) is 1.94. The van der Waals surface area contributed by atoms with Gasteiger partial charge in [-0.2, -0.15) is 0 Å². The first-order chi connectivity index (χ1) is 10.0. The topological polar surface area (TPSA) is 82.1 Å². The van der Waals surface area contributed by atoms with Gasteiger partial charge in [0.15, 0.2) is 0 Å². The first-order valence-electron chi connectivity index (χ1n) is 6.30. The Bertz CT molecular complexity index is 562. The van der Waals surface area contributed by atoms with Crippen LogP contribution in [-0.4, -0.2) is 37.9 Å². The zero-order chi connectivity index (χ0) is 16.0. The lowest BCUT2D eigenvalue weighted by Gasteiger charge is -2.16. The molecule has 6 nitrogen and oxygen atoms in total. The molecule has 21 heavy (non-hydrogen) atoms. The van der Waals surface area contributed by atoms with E-state index in [-0.39, 0.29) is 29.2 Å². The van der Waals surface area contributed by atoms with Crippen LogP contribution < -0.4 is 4.74 Å². The van der Waals surface area contributed by atoms with Gasteiger partial charge in [-0.1, -0.05) is 19.6 Å². The predicted octanol–water partition coefficient (Wildman–Crippen LogP) is 2.09. The summed E-state index contributed by atoms with van der Waals surface area (Å²) < 4.78 is 14.7. The lowest BCUT2D eigenvalue weighted by atomic mass is 9.97. The van der Waals surface area contributed by atoms with Crippen LogP contribution in [0.2, 0.25) is 0 Å². The van der Waals surface area contributed by atoms with Crippen molar-refractivity contribution in [3.63, 3.8) is 0 Å². The molecule has 114 valence electrons. The summed E-state index contributed by atoms with van der Waals surface area (Å²) in [7, 11) is 2.39. The van der Waals surface area contributed by atoms with Crippen LogP contribution >= 0.6 is 0 Å². The summed E-state index contributed by atoms with van der Waals surface area (Å²) in [5.41, 5.74) is 0.181. The summed E-state index contributed by atoms with van der Waals surface area (Å²) in [4.78, 5) is 24.0. The number of esters is 2. The summed E-state index contributed by atoms with van der Waals surface area (Å²) in [6.07, 6.45) is 1.81. The van der Waals surface area contributed by atoms with E-state index in [0.29, 0.717) is 12.0 Å². The molecule has 0 spiro atoms. The summed E-state index contributed by atoms with van der Waals surface area (Å²) in [6, 6.07) is 1.28. The Morgan fingerprint density at radius 1 is 1.24 bits per heavy atom. The number of aromatic hydroxyl groups is 1. The molecule has 0 heterocycles. The average molecular weight is 294 g/mol. The van der Waals surface area contributed by atoms with Crippen molar-refractivity contribution < 1.29 is 28.9 Å². The number of phenolic OH excluding ortho intramolecular Hbond substituents is 1. The van der Waals surface area contributed by atoms with Crippen LogP contribution in [-0.2, 0) is 15.9 Å². The highest BCUT2D eigenvalue weighted by Crippen LogP contribution is 2.34. The van der Waals surface area contributed by atoms with Gasteiger partial charge in [0.25, 0.3) is 0 Å². The van der Waals surface area contributed by atoms with Gasteiger partial charge in [-0.3, -0.25) is 0 Å². The highest BCUT2D eigenvalue weighted by Gasteiger charge is 2.28. The van der Waals surface area contributed by atoms with Crippen molar-refractivity contribution >= 4 is 11.9 Å². The van der Waals surface area contributed by atoms with Gasteiger partial charge in [0, 0.05) is 11.6 Å². The molecular weight excluding hydrogens is 276 g/mol. The molecule has 6 heteroatoms. The number of benzene rings is 1. The molecule has 0 aliphatic carbocycles. The van der Waals surface area contributed by atoms with Crippen molar-refractivity contribution in [1.29, 1.82) is 0 Å². The zero-order valence-electron chi connectivity index (χ0n) is 12.3. The first kappa shape index (κ1) is 16.6. The van der Waals surface area contributed by atoms with Gasteiger partial charge in [-0.25, -0.2) is 9.59 Å². The molecule has 0 saturated carbocycles. The van der Waals surface area contributed by atoms with Crippen molar-refractivity contribution in [2.24, 2.45) is 0 Å². The molecule has 0 fully saturated rings. The van der Waals surface area contributed by atoms with E-state index in [9.17, 15) is 14.7 Å². The number of phenols is 1. The Kier molecular flexibility index (Phi) is 5.78. The molecule has 0 aliphatic heterocycles. The number of carbonyl (C=O) groups excluding carboxylic acids is 2. The third-order valence-electron chi connectivity index (χ3n) is 2.86. The smallest absolute Gasteiger partial charge is 0.342 e. The maximum atomic E-state index is 12.0. The number of rotatable bonds is 6. The zero-order valence-corrected chi connectivity index (χ0v) is 12.3. The van der Waals surface area contributed by atoms with E-state index < -0.39 is 11.9 Å². The quantitative estimate of drug-likeness (QED) is 0.639.